The maximum absolute atomic E-state index is 11.6. The summed E-state index contributed by atoms with van der Waals surface area (Å²) in [6.07, 6.45) is 5.19. The van der Waals surface area contributed by atoms with Crippen LogP contribution in [0.5, 0.6) is 11.5 Å². The number of nitrogens with zero attached hydrogens (tertiary/aromatic N) is 1. The van der Waals surface area contributed by atoms with Crippen molar-refractivity contribution in [2.24, 2.45) is 0 Å². The zero-order valence-electron chi connectivity index (χ0n) is 9.13. The van der Waals surface area contributed by atoms with Gasteiger partial charge in [0.15, 0.2) is 11.5 Å². The van der Waals surface area contributed by atoms with E-state index in [1.807, 2.05) is 0 Å². The molecule has 6 nitrogen and oxygen atoms in total. The van der Waals surface area contributed by atoms with Crippen LogP contribution in [0.1, 0.15) is 0 Å². The molecule has 0 saturated heterocycles. The minimum absolute atomic E-state index is 0.0127. The molecule has 1 aliphatic heterocycles. The Morgan fingerprint density at radius 3 is 2.72 bits per heavy atom. The molecule has 0 spiro atoms. The van der Waals surface area contributed by atoms with Crippen molar-refractivity contribution in [3.05, 3.63) is 33.1 Å². The number of hydrogen-bond donors (Lipinski definition) is 0. The predicted molar refractivity (Wildman–Crippen MR) is 61.7 cm³/mol. The molecule has 1 aromatic heterocycles. The molecule has 0 radical (unpaired) electrons. The third-order valence-electron chi connectivity index (χ3n) is 2.65. The summed E-state index contributed by atoms with van der Waals surface area (Å²) < 4.78 is 16.1. The third kappa shape index (κ3) is 1.38. The third-order valence-corrected chi connectivity index (χ3v) is 2.65. The topological polar surface area (TPSA) is 70.7 Å². The lowest BCUT2D eigenvalue weighted by atomic mass is 10.2. The predicted octanol–water partition coefficient (Wildman–Crippen LogP) is 0.317. The summed E-state index contributed by atoms with van der Waals surface area (Å²) in [5.41, 5.74) is -0.347. The van der Waals surface area contributed by atoms with E-state index in [1.54, 1.807) is 6.07 Å². The second-order valence-corrected chi connectivity index (χ2v) is 3.67. The normalized spacial score (nSPS) is 12.6. The first-order valence-corrected chi connectivity index (χ1v) is 5.11. The van der Waals surface area contributed by atoms with Crippen LogP contribution in [0.25, 0.3) is 10.9 Å². The van der Waals surface area contributed by atoms with Gasteiger partial charge in [0.05, 0.1) is 17.4 Å². The van der Waals surface area contributed by atoms with Crippen LogP contribution < -0.4 is 20.9 Å². The average molecular weight is 245 g/mol. The van der Waals surface area contributed by atoms with Crippen LogP contribution in [0.2, 0.25) is 0 Å². The number of ether oxygens (including phenoxy) is 2. The molecule has 1 aliphatic rings. The second-order valence-electron chi connectivity index (χ2n) is 3.67. The van der Waals surface area contributed by atoms with E-state index in [2.05, 4.69) is 10.3 Å². The van der Waals surface area contributed by atoms with Crippen LogP contribution in [0.3, 0.4) is 0 Å². The summed E-state index contributed by atoms with van der Waals surface area (Å²) in [5.74, 6) is 2.46. The van der Waals surface area contributed by atoms with Gasteiger partial charge in [-0.05, 0) is 0 Å². The second kappa shape index (κ2) is 3.67. The van der Waals surface area contributed by atoms with E-state index >= 15 is 0 Å². The summed E-state index contributed by atoms with van der Waals surface area (Å²) in [7, 11) is 0. The molecule has 18 heavy (non-hydrogen) atoms. The maximum Gasteiger partial charge on any atom is 0.423 e. The van der Waals surface area contributed by atoms with Gasteiger partial charge < -0.3 is 13.9 Å². The van der Waals surface area contributed by atoms with E-state index in [9.17, 15) is 9.59 Å². The van der Waals surface area contributed by atoms with Gasteiger partial charge in [0, 0.05) is 12.1 Å². The fraction of sp³-hybridized carbons (Fsp3) is 0.167. The van der Waals surface area contributed by atoms with Crippen LogP contribution in [0, 0.1) is 12.3 Å². The van der Waals surface area contributed by atoms with Gasteiger partial charge in [-0.15, -0.1) is 6.42 Å². The summed E-state index contributed by atoms with van der Waals surface area (Å²) in [6.45, 7) is 0.0924. The van der Waals surface area contributed by atoms with Crippen LogP contribution in [-0.2, 0) is 6.54 Å². The van der Waals surface area contributed by atoms with Crippen molar-refractivity contribution in [1.29, 1.82) is 0 Å². The molecule has 3 rings (SSSR count). The average Bonchev–Trinajstić information content (AvgIpc) is 2.79. The first kappa shape index (κ1) is 10.5. The van der Waals surface area contributed by atoms with Gasteiger partial charge in [-0.1, -0.05) is 5.92 Å². The number of benzene rings is 1. The Hall–Kier alpha value is -2.68. The fourth-order valence-electron chi connectivity index (χ4n) is 1.85. The Balaban J connectivity index is 2.45. The van der Waals surface area contributed by atoms with E-state index in [1.165, 1.54) is 10.6 Å². The quantitative estimate of drug-likeness (QED) is 0.676. The summed E-state index contributed by atoms with van der Waals surface area (Å²) in [4.78, 5) is 23.2. The SMILES string of the molecule is C#CCn1c(=O)oc(=O)c2cc3c(cc21)OCO3. The highest BCUT2D eigenvalue weighted by molar-refractivity contribution is 5.82. The van der Waals surface area contributed by atoms with E-state index in [4.69, 9.17) is 15.9 Å². The minimum atomic E-state index is -0.788. The van der Waals surface area contributed by atoms with Crippen molar-refractivity contribution in [2.45, 2.75) is 6.54 Å². The van der Waals surface area contributed by atoms with Gasteiger partial charge in [0.25, 0.3) is 0 Å². The Kier molecular flexibility index (Phi) is 2.13. The van der Waals surface area contributed by atoms with Crippen molar-refractivity contribution in [3.63, 3.8) is 0 Å². The number of hydrogen-bond acceptors (Lipinski definition) is 5. The molecule has 2 heterocycles. The number of aromatic nitrogens is 1. The van der Waals surface area contributed by atoms with Crippen LogP contribution >= 0.6 is 0 Å². The minimum Gasteiger partial charge on any atom is -0.454 e. The smallest absolute Gasteiger partial charge is 0.423 e. The highest BCUT2D eigenvalue weighted by Gasteiger charge is 2.18. The van der Waals surface area contributed by atoms with Crippen molar-refractivity contribution < 1.29 is 13.9 Å². The molecule has 6 heteroatoms. The number of rotatable bonds is 1. The molecule has 90 valence electrons. The highest BCUT2D eigenvalue weighted by Crippen LogP contribution is 2.34. The highest BCUT2D eigenvalue weighted by atomic mass is 16.7. The summed E-state index contributed by atoms with van der Waals surface area (Å²) in [6, 6.07) is 3.03. The molecule has 0 bridgehead atoms. The summed E-state index contributed by atoms with van der Waals surface area (Å²) >= 11 is 0. The Morgan fingerprint density at radius 2 is 2.00 bits per heavy atom. The Morgan fingerprint density at radius 1 is 1.28 bits per heavy atom. The van der Waals surface area contributed by atoms with Crippen molar-refractivity contribution in [2.75, 3.05) is 6.79 Å². The lowest BCUT2D eigenvalue weighted by Gasteiger charge is -2.05. The largest absolute Gasteiger partial charge is 0.454 e. The van der Waals surface area contributed by atoms with E-state index < -0.39 is 11.4 Å². The first-order valence-electron chi connectivity index (χ1n) is 5.11. The van der Waals surface area contributed by atoms with Gasteiger partial charge in [0.2, 0.25) is 6.79 Å². The monoisotopic (exact) mass is 245 g/mol. The number of terminal acetylenes is 1. The lowest BCUT2D eigenvalue weighted by molar-refractivity contribution is 0.174. The standard InChI is InChI=1S/C12H7NO5/c1-2-3-13-8-5-10-9(16-6-17-10)4-7(8)11(14)18-12(13)15/h1,4-5H,3,6H2. The Labute approximate surface area is 100 Å². The van der Waals surface area contributed by atoms with Crippen molar-refractivity contribution in [3.8, 4) is 23.8 Å². The molecule has 0 aliphatic carbocycles. The molecule has 0 fully saturated rings. The van der Waals surface area contributed by atoms with E-state index in [0.29, 0.717) is 17.0 Å². The molecule has 1 aromatic carbocycles. The molecule has 0 amide bonds. The van der Waals surface area contributed by atoms with Crippen LogP contribution in [-0.4, -0.2) is 11.4 Å². The fourth-order valence-corrected chi connectivity index (χ4v) is 1.85. The van der Waals surface area contributed by atoms with Crippen molar-refractivity contribution >= 4 is 10.9 Å². The molecule has 0 unspecified atom stereocenters. The molecule has 0 N–H and O–H groups in total. The van der Waals surface area contributed by atoms with Crippen LogP contribution in [0.4, 0.5) is 0 Å². The lowest BCUT2D eigenvalue weighted by Crippen LogP contribution is -2.24. The van der Waals surface area contributed by atoms with Crippen LogP contribution in [0.15, 0.2) is 26.1 Å². The van der Waals surface area contributed by atoms with Gasteiger partial charge in [-0.2, -0.15) is 0 Å². The Bertz CT molecular complexity index is 793. The molecular formula is C12H7NO5. The number of fused-ring (bicyclic) bond motifs is 2. The van der Waals surface area contributed by atoms with Gasteiger partial charge in [0.1, 0.15) is 0 Å². The maximum atomic E-state index is 11.6. The van der Waals surface area contributed by atoms with E-state index in [0.717, 1.165) is 0 Å². The molecule has 0 saturated carbocycles. The summed E-state index contributed by atoms with van der Waals surface area (Å²) in [5, 5.41) is 0.231. The first-order chi connectivity index (χ1) is 8.70. The molecular weight excluding hydrogens is 238 g/mol. The van der Waals surface area contributed by atoms with E-state index in [-0.39, 0.29) is 18.7 Å². The zero-order valence-corrected chi connectivity index (χ0v) is 9.13. The molecule has 2 aromatic rings. The van der Waals surface area contributed by atoms with Gasteiger partial charge >= 0.3 is 11.4 Å². The van der Waals surface area contributed by atoms with Gasteiger partial charge in [-0.25, -0.2) is 9.59 Å². The molecule has 0 atom stereocenters. The van der Waals surface area contributed by atoms with Crippen molar-refractivity contribution in [1.82, 2.24) is 4.57 Å². The van der Waals surface area contributed by atoms with Gasteiger partial charge in [-0.3, -0.25) is 4.57 Å². The zero-order chi connectivity index (χ0) is 12.7.